The van der Waals surface area contributed by atoms with Crippen LogP contribution in [0.15, 0.2) is 18.3 Å². The van der Waals surface area contributed by atoms with Crippen LogP contribution in [0, 0.1) is 0 Å². The Bertz CT molecular complexity index is 410. The standard InChI is InChI=1S/C9H10F4N4O/c10-8(11)9(12,13)4-16-7(18)5-1-2-6(17-14)15-3-5/h1-3,8H,4,14H2,(H,15,17)(H,16,18). The molecule has 1 amide bonds. The highest BCUT2D eigenvalue weighted by Crippen LogP contribution is 2.21. The van der Waals surface area contributed by atoms with Crippen molar-refractivity contribution in [2.75, 3.05) is 12.0 Å². The fourth-order valence-corrected chi connectivity index (χ4v) is 0.991. The SMILES string of the molecule is NNc1ccc(C(=O)NCC(F)(F)C(F)F)cn1. The average Bonchev–Trinajstić information content (AvgIpc) is 2.36. The Morgan fingerprint density at radius 2 is 2.11 bits per heavy atom. The normalized spacial score (nSPS) is 11.4. The van der Waals surface area contributed by atoms with Crippen LogP contribution in [-0.4, -0.2) is 29.8 Å². The topological polar surface area (TPSA) is 80.0 Å². The second kappa shape index (κ2) is 5.63. The Labute approximate surface area is 99.3 Å². The van der Waals surface area contributed by atoms with Gasteiger partial charge in [-0.2, -0.15) is 8.78 Å². The van der Waals surface area contributed by atoms with Crippen LogP contribution in [0.5, 0.6) is 0 Å². The number of anilines is 1. The van der Waals surface area contributed by atoms with Crippen molar-refractivity contribution in [1.82, 2.24) is 10.3 Å². The van der Waals surface area contributed by atoms with E-state index in [4.69, 9.17) is 5.84 Å². The van der Waals surface area contributed by atoms with Crippen LogP contribution >= 0.6 is 0 Å². The lowest BCUT2D eigenvalue weighted by atomic mass is 10.2. The number of nitrogens with one attached hydrogen (secondary N) is 2. The molecule has 0 radical (unpaired) electrons. The third-order valence-corrected chi connectivity index (χ3v) is 1.98. The Kier molecular flexibility index (Phi) is 4.43. The lowest BCUT2D eigenvalue weighted by Crippen LogP contribution is -2.41. The molecule has 1 aromatic heterocycles. The average molecular weight is 266 g/mol. The summed E-state index contributed by atoms with van der Waals surface area (Å²) in [4.78, 5) is 15.0. The first-order chi connectivity index (χ1) is 8.36. The summed E-state index contributed by atoms with van der Waals surface area (Å²) < 4.78 is 48.7. The summed E-state index contributed by atoms with van der Waals surface area (Å²) >= 11 is 0. The Morgan fingerprint density at radius 3 is 2.56 bits per heavy atom. The van der Waals surface area contributed by atoms with E-state index in [0.29, 0.717) is 0 Å². The molecule has 5 nitrogen and oxygen atoms in total. The number of nitrogen functional groups attached to an aromatic ring is 1. The van der Waals surface area contributed by atoms with E-state index in [1.54, 1.807) is 5.32 Å². The lowest BCUT2D eigenvalue weighted by Gasteiger charge is -2.15. The summed E-state index contributed by atoms with van der Waals surface area (Å²) in [6.45, 7) is -1.44. The first-order valence-electron chi connectivity index (χ1n) is 4.73. The van der Waals surface area contributed by atoms with Gasteiger partial charge >= 0.3 is 12.3 Å². The molecular formula is C9H10F4N4O. The first-order valence-corrected chi connectivity index (χ1v) is 4.73. The number of hydrogen-bond donors (Lipinski definition) is 3. The van der Waals surface area contributed by atoms with Crippen molar-refractivity contribution in [3.05, 3.63) is 23.9 Å². The van der Waals surface area contributed by atoms with Gasteiger partial charge in [0.15, 0.2) is 0 Å². The molecule has 0 spiro atoms. The van der Waals surface area contributed by atoms with Crippen molar-refractivity contribution in [1.29, 1.82) is 0 Å². The third-order valence-electron chi connectivity index (χ3n) is 1.98. The van der Waals surface area contributed by atoms with E-state index in [1.165, 1.54) is 12.1 Å². The van der Waals surface area contributed by atoms with Gasteiger partial charge in [0.25, 0.3) is 5.91 Å². The number of amides is 1. The highest BCUT2D eigenvalue weighted by Gasteiger charge is 2.40. The predicted octanol–water partition coefficient (Wildman–Crippen LogP) is 0.997. The molecule has 1 rings (SSSR count). The summed E-state index contributed by atoms with van der Waals surface area (Å²) in [6.07, 6.45) is -2.76. The fourth-order valence-electron chi connectivity index (χ4n) is 0.991. The van der Waals surface area contributed by atoms with Gasteiger partial charge in [0.2, 0.25) is 0 Å². The zero-order valence-corrected chi connectivity index (χ0v) is 8.96. The number of nitrogens with zero attached hydrogens (tertiary/aromatic N) is 1. The van der Waals surface area contributed by atoms with Crippen molar-refractivity contribution in [2.24, 2.45) is 5.84 Å². The van der Waals surface area contributed by atoms with Gasteiger partial charge in [0.1, 0.15) is 5.82 Å². The van der Waals surface area contributed by atoms with Crippen molar-refractivity contribution >= 4 is 11.7 Å². The molecule has 0 unspecified atom stereocenters. The van der Waals surface area contributed by atoms with Gasteiger partial charge < -0.3 is 10.7 Å². The molecule has 9 heteroatoms. The van der Waals surface area contributed by atoms with E-state index in [-0.39, 0.29) is 11.4 Å². The molecule has 100 valence electrons. The number of pyridine rings is 1. The first kappa shape index (κ1) is 14.2. The number of carbonyl (C=O) groups excluding carboxylic acids is 1. The minimum Gasteiger partial charge on any atom is -0.346 e. The van der Waals surface area contributed by atoms with E-state index in [2.05, 4.69) is 10.4 Å². The quantitative estimate of drug-likeness (QED) is 0.422. The smallest absolute Gasteiger partial charge is 0.324 e. The minimum absolute atomic E-state index is 0.0425. The molecule has 1 aromatic rings. The maximum absolute atomic E-state index is 12.5. The van der Waals surface area contributed by atoms with Crippen molar-refractivity contribution in [2.45, 2.75) is 12.3 Å². The van der Waals surface area contributed by atoms with E-state index >= 15 is 0 Å². The molecule has 0 aliphatic carbocycles. The molecule has 0 aliphatic heterocycles. The fraction of sp³-hybridized carbons (Fsp3) is 0.333. The molecule has 0 bridgehead atoms. The molecule has 0 saturated heterocycles. The Hall–Kier alpha value is -1.90. The van der Waals surface area contributed by atoms with Gasteiger partial charge in [-0.1, -0.05) is 0 Å². The number of halogens is 4. The van der Waals surface area contributed by atoms with Crippen LogP contribution < -0.4 is 16.6 Å². The van der Waals surface area contributed by atoms with E-state index in [0.717, 1.165) is 6.20 Å². The molecule has 4 N–H and O–H groups in total. The lowest BCUT2D eigenvalue weighted by molar-refractivity contribution is -0.123. The second-order valence-corrected chi connectivity index (χ2v) is 3.32. The molecule has 0 aliphatic rings. The minimum atomic E-state index is -4.26. The molecule has 1 heterocycles. The number of carbonyl (C=O) groups is 1. The summed E-state index contributed by atoms with van der Waals surface area (Å²) in [6, 6.07) is 2.60. The van der Waals surface area contributed by atoms with Crippen LogP contribution in [0.1, 0.15) is 10.4 Å². The maximum Gasteiger partial charge on any atom is 0.324 e. The van der Waals surface area contributed by atoms with Gasteiger partial charge in [-0.15, -0.1) is 0 Å². The number of hydrazine groups is 1. The van der Waals surface area contributed by atoms with Gasteiger partial charge in [0, 0.05) is 6.20 Å². The summed E-state index contributed by atoms with van der Waals surface area (Å²) in [5.74, 6) is 0.111. The number of rotatable bonds is 5. The molecule has 0 atom stereocenters. The highest BCUT2D eigenvalue weighted by atomic mass is 19.3. The van der Waals surface area contributed by atoms with Crippen LogP contribution in [0.4, 0.5) is 23.4 Å². The van der Waals surface area contributed by atoms with E-state index in [1.807, 2.05) is 0 Å². The third kappa shape index (κ3) is 3.55. The molecule has 0 fully saturated rings. The second-order valence-electron chi connectivity index (χ2n) is 3.32. The maximum atomic E-state index is 12.5. The monoisotopic (exact) mass is 266 g/mol. The molecule has 18 heavy (non-hydrogen) atoms. The van der Waals surface area contributed by atoms with Crippen molar-refractivity contribution in [3.8, 4) is 0 Å². The van der Waals surface area contributed by atoms with Crippen LogP contribution in [0.2, 0.25) is 0 Å². The van der Waals surface area contributed by atoms with Crippen LogP contribution in [-0.2, 0) is 0 Å². The highest BCUT2D eigenvalue weighted by molar-refractivity contribution is 5.94. The summed E-state index contributed by atoms with van der Waals surface area (Å²) in [5, 5.41) is 1.70. The van der Waals surface area contributed by atoms with Crippen molar-refractivity contribution in [3.63, 3.8) is 0 Å². The van der Waals surface area contributed by atoms with Crippen molar-refractivity contribution < 1.29 is 22.4 Å². The van der Waals surface area contributed by atoms with E-state index in [9.17, 15) is 22.4 Å². The van der Waals surface area contributed by atoms with Gasteiger partial charge in [0.05, 0.1) is 12.1 Å². The van der Waals surface area contributed by atoms with Gasteiger partial charge in [-0.3, -0.25) is 4.79 Å². The molecule has 0 aromatic carbocycles. The van der Waals surface area contributed by atoms with Gasteiger partial charge in [-0.25, -0.2) is 19.6 Å². The molecule has 0 saturated carbocycles. The molecular weight excluding hydrogens is 256 g/mol. The Morgan fingerprint density at radius 1 is 1.44 bits per heavy atom. The predicted molar refractivity (Wildman–Crippen MR) is 55.3 cm³/mol. The zero-order chi connectivity index (χ0) is 13.8. The largest absolute Gasteiger partial charge is 0.346 e. The zero-order valence-electron chi connectivity index (χ0n) is 8.96. The van der Waals surface area contributed by atoms with Gasteiger partial charge in [-0.05, 0) is 12.1 Å². The van der Waals surface area contributed by atoms with Crippen LogP contribution in [0.25, 0.3) is 0 Å². The Balaban J connectivity index is 2.60. The van der Waals surface area contributed by atoms with E-state index < -0.39 is 24.8 Å². The number of alkyl halides is 4. The number of nitrogens with two attached hydrogens (primary N) is 1. The summed E-state index contributed by atoms with van der Waals surface area (Å²) in [5.41, 5.74) is 2.16. The number of hydrogen-bond acceptors (Lipinski definition) is 4. The number of aromatic nitrogens is 1. The summed E-state index contributed by atoms with van der Waals surface area (Å²) in [7, 11) is 0. The van der Waals surface area contributed by atoms with Crippen LogP contribution in [0.3, 0.4) is 0 Å².